The molecule has 4 aromatic rings. The molecule has 1 N–H and O–H groups in total. The number of aryl methyl sites for hydroxylation is 1. The Bertz CT molecular complexity index is 1230. The van der Waals surface area contributed by atoms with Gasteiger partial charge in [0.1, 0.15) is 5.82 Å². The molecule has 5 heteroatoms. The number of pyridine rings is 2. The first-order valence-corrected chi connectivity index (χ1v) is 11.5. The fourth-order valence-corrected chi connectivity index (χ4v) is 4.70. The number of hydrogen-bond donors (Lipinski definition) is 1. The SMILES string of the molecule is Cc1cc(-c2[nH]c3ccc(-c4ccc(N5CCN(C)CC5)nc4)cc3c2C(C)C)ccn1. The first kappa shape index (κ1) is 20.7. The van der Waals surface area contributed by atoms with Gasteiger partial charge in [-0.2, -0.15) is 0 Å². The summed E-state index contributed by atoms with van der Waals surface area (Å²) in [6.07, 6.45) is 3.91. The maximum absolute atomic E-state index is 4.80. The van der Waals surface area contributed by atoms with Gasteiger partial charge < -0.3 is 14.8 Å². The lowest BCUT2D eigenvalue weighted by Gasteiger charge is -2.33. The number of hydrogen-bond acceptors (Lipinski definition) is 4. The van der Waals surface area contributed by atoms with Gasteiger partial charge in [-0.15, -0.1) is 0 Å². The predicted molar refractivity (Wildman–Crippen MR) is 133 cm³/mol. The Hall–Kier alpha value is -3.18. The third-order valence-electron chi connectivity index (χ3n) is 6.51. The van der Waals surface area contributed by atoms with Crippen LogP contribution in [0.15, 0.2) is 54.9 Å². The van der Waals surface area contributed by atoms with Gasteiger partial charge in [-0.3, -0.25) is 4.98 Å². The van der Waals surface area contributed by atoms with E-state index in [-0.39, 0.29) is 0 Å². The van der Waals surface area contributed by atoms with Crippen LogP contribution in [0.5, 0.6) is 0 Å². The fraction of sp³-hybridized carbons (Fsp3) is 0.333. The summed E-state index contributed by atoms with van der Waals surface area (Å²) in [6, 6.07) is 15.3. The number of benzene rings is 1. The molecule has 32 heavy (non-hydrogen) atoms. The van der Waals surface area contributed by atoms with Crippen LogP contribution in [-0.4, -0.2) is 53.1 Å². The lowest BCUT2D eigenvalue weighted by Crippen LogP contribution is -2.44. The zero-order chi connectivity index (χ0) is 22.2. The minimum Gasteiger partial charge on any atom is -0.354 e. The van der Waals surface area contributed by atoms with Gasteiger partial charge in [0.2, 0.25) is 0 Å². The van der Waals surface area contributed by atoms with E-state index in [2.05, 4.69) is 83.1 Å². The van der Waals surface area contributed by atoms with Crippen molar-refractivity contribution in [1.29, 1.82) is 0 Å². The van der Waals surface area contributed by atoms with Gasteiger partial charge in [0, 0.05) is 66.3 Å². The van der Waals surface area contributed by atoms with Crippen LogP contribution in [0.3, 0.4) is 0 Å². The van der Waals surface area contributed by atoms with Crippen molar-refractivity contribution in [3.05, 3.63) is 66.1 Å². The van der Waals surface area contributed by atoms with Crippen molar-refractivity contribution in [2.45, 2.75) is 26.7 Å². The molecule has 0 bridgehead atoms. The third-order valence-corrected chi connectivity index (χ3v) is 6.51. The van der Waals surface area contributed by atoms with E-state index < -0.39 is 0 Å². The van der Waals surface area contributed by atoms with E-state index >= 15 is 0 Å². The van der Waals surface area contributed by atoms with E-state index in [1.165, 1.54) is 33.3 Å². The molecule has 0 radical (unpaired) electrons. The number of aromatic amines is 1. The molecule has 1 fully saturated rings. The van der Waals surface area contributed by atoms with Crippen LogP contribution in [0.4, 0.5) is 5.82 Å². The number of rotatable bonds is 4. The maximum Gasteiger partial charge on any atom is 0.128 e. The molecule has 5 rings (SSSR count). The van der Waals surface area contributed by atoms with E-state index in [9.17, 15) is 0 Å². The summed E-state index contributed by atoms with van der Waals surface area (Å²) in [4.78, 5) is 17.6. The molecule has 5 nitrogen and oxygen atoms in total. The molecule has 1 aliphatic heterocycles. The summed E-state index contributed by atoms with van der Waals surface area (Å²) in [5.74, 6) is 1.47. The molecule has 0 unspecified atom stereocenters. The summed E-state index contributed by atoms with van der Waals surface area (Å²) < 4.78 is 0. The van der Waals surface area contributed by atoms with Gasteiger partial charge >= 0.3 is 0 Å². The second-order valence-electron chi connectivity index (χ2n) is 9.21. The third kappa shape index (κ3) is 3.89. The molecule has 0 atom stereocenters. The van der Waals surface area contributed by atoms with Crippen molar-refractivity contribution in [2.75, 3.05) is 38.1 Å². The molecule has 4 heterocycles. The Balaban J connectivity index is 1.51. The summed E-state index contributed by atoms with van der Waals surface area (Å²) in [5, 5.41) is 1.28. The zero-order valence-corrected chi connectivity index (χ0v) is 19.4. The molecule has 0 aliphatic carbocycles. The van der Waals surface area contributed by atoms with Crippen molar-refractivity contribution in [3.63, 3.8) is 0 Å². The quantitative estimate of drug-likeness (QED) is 0.471. The van der Waals surface area contributed by atoms with E-state index in [1.54, 1.807) is 0 Å². The maximum atomic E-state index is 4.80. The van der Waals surface area contributed by atoms with Crippen LogP contribution in [0.2, 0.25) is 0 Å². The number of nitrogens with zero attached hydrogens (tertiary/aromatic N) is 4. The highest BCUT2D eigenvalue weighted by molar-refractivity contribution is 5.94. The molecule has 0 amide bonds. The summed E-state index contributed by atoms with van der Waals surface area (Å²) in [7, 11) is 2.18. The number of piperazine rings is 1. The average Bonchev–Trinajstić information content (AvgIpc) is 3.19. The van der Waals surface area contributed by atoms with Gasteiger partial charge in [-0.1, -0.05) is 19.9 Å². The molecule has 1 aliphatic rings. The first-order chi connectivity index (χ1) is 15.5. The minimum atomic E-state index is 0.403. The van der Waals surface area contributed by atoms with Crippen LogP contribution in [-0.2, 0) is 0 Å². The van der Waals surface area contributed by atoms with Gasteiger partial charge in [0.15, 0.2) is 0 Å². The second kappa shape index (κ2) is 8.40. The first-order valence-electron chi connectivity index (χ1n) is 11.5. The molecule has 3 aromatic heterocycles. The van der Waals surface area contributed by atoms with Gasteiger partial charge in [0.05, 0.1) is 5.69 Å². The van der Waals surface area contributed by atoms with Crippen LogP contribution in [0.25, 0.3) is 33.3 Å². The lowest BCUT2D eigenvalue weighted by molar-refractivity contribution is 0.312. The number of nitrogens with one attached hydrogen (secondary N) is 1. The Kier molecular flexibility index (Phi) is 5.43. The largest absolute Gasteiger partial charge is 0.354 e. The van der Waals surface area contributed by atoms with Crippen LogP contribution in [0, 0.1) is 6.92 Å². The van der Waals surface area contributed by atoms with E-state index in [4.69, 9.17) is 4.98 Å². The lowest BCUT2D eigenvalue weighted by atomic mass is 9.94. The number of anilines is 1. The van der Waals surface area contributed by atoms with Crippen LogP contribution in [0.1, 0.15) is 31.0 Å². The molecule has 1 aromatic carbocycles. The normalized spacial score (nSPS) is 15.1. The van der Waals surface area contributed by atoms with Crippen molar-refractivity contribution in [2.24, 2.45) is 0 Å². The van der Waals surface area contributed by atoms with Crippen LogP contribution >= 0.6 is 0 Å². The average molecular weight is 426 g/mol. The molecular formula is C27H31N5. The monoisotopic (exact) mass is 425 g/mol. The smallest absolute Gasteiger partial charge is 0.128 e. The molecule has 0 spiro atoms. The highest BCUT2D eigenvalue weighted by Gasteiger charge is 2.18. The highest BCUT2D eigenvalue weighted by atomic mass is 15.3. The molecule has 1 saturated heterocycles. The minimum absolute atomic E-state index is 0.403. The summed E-state index contributed by atoms with van der Waals surface area (Å²) in [5.41, 5.74) is 8.30. The Labute approximate surface area is 190 Å². The molecule has 164 valence electrons. The van der Waals surface area contributed by atoms with E-state index in [1.807, 2.05) is 19.3 Å². The van der Waals surface area contributed by atoms with Gasteiger partial charge in [0.25, 0.3) is 0 Å². The second-order valence-corrected chi connectivity index (χ2v) is 9.21. The molecular weight excluding hydrogens is 394 g/mol. The predicted octanol–water partition coefficient (Wildman–Crippen LogP) is 5.48. The summed E-state index contributed by atoms with van der Waals surface area (Å²) in [6.45, 7) is 10.8. The Morgan fingerprint density at radius 2 is 1.66 bits per heavy atom. The van der Waals surface area contributed by atoms with Crippen molar-refractivity contribution >= 4 is 16.7 Å². The molecule has 0 saturated carbocycles. The van der Waals surface area contributed by atoms with E-state index in [0.717, 1.165) is 43.3 Å². The number of aromatic nitrogens is 3. The van der Waals surface area contributed by atoms with Gasteiger partial charge in [-0.05, 0) is 67.4 Å². The zero-order valence-electron chi connectivity index (χ0n) is 19.4. The highest BCUT2D eigenvalue weighted by Crippen LogP contribution is 2.37. The number of H-pyrrole nitrogens is 1. The topological polar surface area (TPSA) is 48.1 Å². The van der Waals surface area contributed by atoms with Crippen molar-refractivity contribution in [3.8, 4) is 22.4 Å². The number of fused-ring (bicyclic) bond motifs is 1. The van der Waals surface area contributed by atoms with Crippen molar-refractivity contribution in [1.82, 2.24) is 19.9 Å². The Morgan fingerprint density at radius 1 is 0.875 bits per heavy atom. The van der Waals surface area contributed by atoms with Gasteiger partial charge in [-0.25, -0.2) is 4.98 Å². The fourth-order valence-electron chi connectivity index (χ4n) is 4.70. The van der Waals surface area contributed by atoms with Crippen LogP contribution < -0.4 is 4.90 Å². The van der Waals surface area contributed by atoms with E-state index in [0.29, 0.717) is 5.92 Å². The number of likely N-dealkylation sites (N-methyl/N-ethyl adjacent to an activating group) is 1. The van der Waals surface area contributed by atoms with Crippen molar-refractivity contribution < 1.29 is 0 Å². The summed E-state index contributed by atoms with van der Waals surface area (Å²) >= 11 is 0. The Morgan fingerprint density at radius 3 is 2.34 bits per heavy atom. The standard InChI is InChI=1S/C27H31N5/c1-18(2)26-23-16-20(5-7-24(23)30-27(26)21-9-10-28-19(3)15-21)22-6-8-25(29-17-22)32-13-11-31(4)12-14-32/h5-10,15-18,30H,11-14H2,1-4H3.